The van der Waals surface area contributed by atoms with Crippen molar-refractivity contribution >= 4 is 0 Å². The van der Waals surface area contributed by atoms with Gasteiger partial charge < -0.3 is 4.74 Å². The van der Waals surface area contributed by atoms with Gasteiger partial charge in [-0.15, -0.1) is 0 Å². The number of likely N-dealkylation sites (tertiary alicyclic amines) is 1. The second kappa shape index (κ2) is 2.76. The number of ether oxygens (including phenoxy) is 1. The molecule has 2 fully saturated rings. The van der Waals surface area contributed by atoms with Gasteiger partial charge in [0.05, 0.1) is 6.61 Å². The molecule has 0 amide bonds. The van der Waals surface area contributed by atoms with Crippen LogP contribution in [0.2, 0.25) is 0 Å². The number of hydrogen-bond acceptors (Lipinski definition) is 2. The summed E-state index contributed by atoms with van der Waals surface area (Å²) in [6.07, 6.45) is 4.27. The predicted molar refractivity (Wildman–Crippen MR) is 44.6 cm³/mol. The van der Waals surface area contributed by atoms with Gasteiger partial charge in [-0.2, -0.15) is 0 Å². The lowest BCUT2D eigenvalue weighted by Crippen LogP contribution is -2.40. The zero-order chi connectivity index (χ0) is 7.84. The third-order valence-electron chi connectivity index (χ3n) is 3.43. The number of likely N-dealkylation sites (N-methyl/N-ethyl adjacent to an activating group) is 1. The highest BCUT2D eigenvalue weighted by molar-refractivity contribution is 4.97. The van der Waals surface area contributed by atoms with Crippen molar-refractivity contribution in [1.82, 2.24) is 4.90 Å². The lowest BCUT2D eigenvalue weighted by Gasteiger charge is -2.31. The van der Waals surface area contributed by atoms with Crippen LogP contribution < -0.4 is 0 Å². The Morgan fingerprint density at radius 3 is 2.82 bits per heavy atom. The molecule has 3 atom stereocenters. The first-order valence-electron chi connectivity index (χ1n) is 4.54. The highest BCUT2D eigenvalue weighted by Gasteiger charge is 2.43. The highest BCUT2D eigenvalue weighted by atomic mass is 16.5. The van der Waals surface area contributed by atoms with Crippen molar-refractivity contribution in [2.24, 2.45) is 5.92 Å². The van der Waals surface area contributed by atoms with Crippen LogP contribution in [0.15, 0.2) is 0 Å². The first-order chi connectivity index (χ1) is 5.33. The van der Waals surface area contributed by atoms with E-state index in [9.17, 15) is 0 Å². The molecule has 2 heteroatoms. The Kier molecular flexibility index (Phi) is 1.90. The first-order valence-corrected chi connectivity index (χ1v) is 4.54. The van der Waals surface area contributed by atoms with Crippen molar-refractivity contribution in [2.75, 3.05) is 20.8 Å². The fraction of sp³-hybridized carbons (Fsp3) is 1.00. The van der Waals surface area contributed by atoms with Crippen LogP contribution in [0.25, 0.3) is 0 Å². The van der Waals surface area contributed by atoms with E-state index >= 15 is 0 Å². The Hall–Kier alpha value is -0.0800. The summed E-state index contributed by atoms with van der Waals surface area (Å²) in [6.45, 7) is 0.928. The van der Waals surface area contributed by atoms with Crippen LogP contribution in [0.1, 0.15) is 19.3 Å². The second-order valence-corrected chi connectivity index (χ2v) is 3.92. The van der Waals surface area contributed by atoms with Crippen LogP contribution in [-0.2, 0) is 4.74 Å². The summed E-state index contributed by atoms with van der Waals surface area (Å²) in [4.78, 5) is 2.51. The van der Waals surface area contributed by atoms with Crippen LogP contribution in [0, 0.1) is 5.92 Å². The smallest absolute Gasteiger partial charge is 0.0620 e. The lowest BCUT2D eigenvalue weighted by molar-refractivity contribution is 0.0778. The van der Waals surface area contributed by atoms with E-state index in [1.807, 2.05) is 0 Å². The molecule has 0 aromatic heterocycles. The second-order valence-electron chi connectivity index (χ2n) is 3.92. The minimum Gasteiger partial charge on any atom is -0.383 e. The van der Waals surface area contributed by atoms with E-state index in [0.29, 0.717) is 0 Å². The molecular formula is C9H17NO. The Bertz CT molecular complexity index is 146. The van der Waals surface area contributed by atoms with E-state index in [4.69, 9.17) is 4.74 Å². The summed E-state index contributed by atoms with van der Waals surface area (Å²) >= 11 is 0. The number of fused-ring (bicyclic) bond motifs is 2. The van der Waals surface area contributed by atoms with E-state index in [-0.39, 0.29) is 0 Å². The molecule has 11 heavy (non-hydrogen) atoms. The molecule has 2 bridgehead atoms. The molecular weight excluding hydrogens is 138 g/mol. The minimum atomic E-state index is 0.721. The molecule has 1 saturated heterocycles. The molecule has 1 saturated carbocycles. The van der Waals surface area contributed by atoms with Gasteiger partial charge in [-0.3, -0.25) is 4.90 Å². The molecule has 2 rings (SSSR count). The van der Waals surface area contributed by atoms with E-state index in [2.05, 4.69) is 11.9 Å². The van der Waals surface area contributed by atoms with Gasteiger partial charge in [-0.05, 0) is 32.2 Å². The number of piperidine rings is 1. The van der Waals surface area contributed by atoms with Crippen molar-refractivity contribution in [3.05, 3.63) is 0 Å². The lowest BCUT2D eigenvalue weighted by atomic mass is 10.00. The normalized spacial score (nSPS) is 43.6. The largest absolute Gasteiger partial charge is 0.383 e. The Labute approximate surface area is 68.5 Å². The number of hydrogen-bond donors (Lipinski definition) is 0. The molecule has 2 unspecified atom stereocenters. The summed E-state index contributed by atoms with van der Waals surface area (Å²) in [5.41, 5.74) is 0. The van der Waals surface area contributed by atoms with Gasteiger partial charge in [0.15, 0.2) is 0 Å². The van der Waals surface area contributed by atoms with Crippen LogP contribution >= 0.6 is 0 Å². The maximum atomic E-state index is 5.21. The fourth-order valence-corrected chi connectivity index (χ4v) is 2.74. The number of methoxy groups -OCH3 is 1. The fourth-order valence-electron chi connectivity index (χ4n) is 2.74. The van der Waals surface area contributed by atoms with E-state index < -0.39 is 0 Å². The van der Waals surface area contributed by atoms with Crippen molar-refractivity contribution in [1.29, 1.82) is 0 Å². The summed E-state index contributed by atoms with van der Waals surface area (Å²) in [7, 11) is 4.05. The summed E-state index contributed by atoms with van der Waals surface area (Å²) in [5, 5.41) is 0. The zero-order valence-corrected chi connectivity index (χ0v) is 7.42. The zero-order valence-electron chi connectivity index (χ0n) is 7.42. The van der Waals surface area contributed by atoms with Gasteiger partial charge in [0.1, 0.15) is 0 Å². The Morgan fingerprint density at radius 1 is 1.45 bits per heavy atom. The predicted octanol–water partition coefficient (Wildman–Crippen LogP) is 1.12. The maximum absolute atomic E-state index is 5.21. The van der Waals surface area contributed by atoms with Gasteiger partial charge in [0.2, 0.25) is 0 Å². The molecule has 1 aliphatic carbocycles. The Morgan fingerprint density at radius 2 is 2.27 bits per heavy atom. The topological polar surface area (TPSA) is 12.5 Å². The van der Waals surface area contributed by atoms with Gasteiger partial charge in [0.25, 0.3) is 0 Å². The quantitative estimate of drug-likeness (QED) is 0.592. The molecule has 0 N–H and O–H groups in total. The average molecular weight is 155 g/mol. The van der Waals surface area contributed by atoms with Gasteiger partial charge in [-0.1, -0.05) is 0 Å². The molecule has 0 aromatic rings. The molecule has 0 radical (unpaired) electrons. The van der Waals surface area contributed by atoms with Gasteiger partial charge in [0, 0.05) is 19.2 Å². The van der Waals surface area contributed by atoms with E-state index in [1.165, 1.54) is 19.3 Å². The van der Waals surface area contributed by atoms with Crippen LogP contribution in [0.5, 0.6) is 0 Å². The highest BCUT2D eigenvalue weighted by Crippen LogP contribution is 2.41. The molecule has 1 heterocycles. The van der Waals surface area contributed by atoms with Crippen LogP contribution in [-0.4, -0.2) is 37.7 Å². The van der Waals surface area contributed by atoms with Crippen LogP contribution in [0.3, 0.4) is 0 Å². The van der Waals surface area contributed by atoms with Gasteiger partial charge in [-0.25, -0.2) is 0 Å². The number of rotatable bonds is 2. The molecule has 0 spiro atoms. The first kappa shape index (κ1) is 7.56. The van der Waals surface area contributed by atoms with Gasteiger partial charge >= 0.3 is 0 Å². The minimum absolute atomic E-state index is 0.721. The van der Waals surface area contributed by atoms with Crippen molar-refractivity contribution in [2.45, 2.75) is 31.3 Å². The third-order valence-corrected chi connectivity index (χ3v) is 3.43. The van der Waals surface area contributed by atoms with Crippen LogP contribution in [0.4, 0.5) is 0 Å². The Balaban J connectivity index is 2.00. The summed E-state index contributed by atoms with van der Waals surface area (Å²) in [6, 6.07) is 1.60. The summed E-state index contributed by atoms with van der Waals surface area (Å²) < 4.78 is 5.21. The molecule has 2 nitrogen and oxygen atoms in total. The number of nitrogens with zero attached hydrogens (tertiary/aromatic N) is 1. The standard InChI is InChI=1S/C9H17NO/c1-10-8-4-3-7(5-8)9(10)6-11-2/h7-9H,3-6H2,1-2H3/t7?,8?,9-/m1/s1. The average Bonchev–Trinajstić information content (AvgIpc) is 2.54. The van der Waals surface area contributed by atoms with Crippen molar-refractivity contribution < 1.29 is 4.74 Å². The molecule has 0 aromatic carbocycles. The molecule has 1 aliphatic heterocycles. The molecule has 64 valence electrons. The monoisotopic (exact) mass is 155 g/mol. The van der Waals surface area contributed by atoms with Crippen molar-refractivity contribution in [3.8, 4) is 0 Å². The van der Waals surface area contributed by atoms with Crippen molar-refractivity contribution in [3.63, 3.8) is 0 Å². The van der Waals surface area contributed by atoms with E-state index in [1.54, 1.807) is 7.11 Å². The third kappa shape index (κ3) is 1.09. The maximum Gasteiger partial charge on any atom is 0.0620 e. The molecule has 2 aliphatic rings. The van der Waals surface area contributed by atoms with E-state index in [0.717, 1.165) is 24.6 Å². The SMILES string of the molecule is COC[C@@H]1C2CCC(C2)N1C. The summed E-state index contributed by atoms with van der Waals surface area (Å²) in [5.74, 6) is 0.935.